The van der Waals surface area contributed by atoms with E-state index in [4.69, 9.17) is 0 Å². The third-order valence-corrected chi connectivity index (χ3v) is 2.62. The third kappa shape index (κ3) is 3.35. The topological polar surface area (TPSA) is 41.1 Å². The molecule has 0 aromatic rings. The van der Waals surface area contributed by atoms with E-state index in [1.54, 1.807) is 6.92 Å². The SMILES string of the molecule is CCNC1CCCCC1NC(C)=O. The van der Waals surface area contributed by atoms with Crippen molar-refractivity contribution in [1.29, 1.82) is 0 Å². The summed E-state index contributed by atoms with van der Waals surface area (Å²) in [5.74, 6) is 0.0924. The Hall–Kier alpha value is -0.570. The molecule has 1 aliphatic rings. The molecule has 1 fully saturated rings. The Morgan fingerprint density at radius 2 is 1.92 bits per heavy atom. The number of nitrogens with one attached hydrogen (secondary N) is 2. The molecule has 0 saturated heterocycles. The molecular formula is C10H20N2O. The second kappa shape index (κ2) is 5.22. The van der Waals surface area contributed by atoms with Gasteiger partial charge in [-0.1, -0.05) is 19.8 Å². The van der Waals surface area contributed by atoms with Crippen molar-refractivity contribution in [2.24, 2.45) is 0 Å². The summed E-state index contributed by atoms with van der Waals surface area (Å²) in [5.41, 5.74) is 0. The zero-order valence-corrected chi connectivity index (χ0v) is 8.60. The summed E-state index contributed by atoms with van der Waals surface area (Å²) in [4.78, 5) is 10.9. The predicted octanol–water partition coefficient (Wildman–Crippen LogP) is 1.04. The molecule has 1 saturated carbocycles. The van der Waals surface area contributed by atoms with Crippen molar-refractivity contribution in [2.75, 3.05) is 6.54 Å². The summed E-state index contributed by atoms with van der Waals surface area (Å²) < 4.78 is 0. The molecule has 1 aliphatic carbocycles. The molecule has 0 aromatic heterocycles. The van der Waals surface area contributed by atoms with Crippen molar-refractivity contribution in [2.45, 2.75) is 51.6 Å². The quantitative estimate of drug-likeness (QED) is 0.688. The van der Waals surface area contributed by atoms with Crippen LogP contribution in [0.3, 0.4) is 0 Å². The number of carbonyl (C=O) groups excluding carboxylic acids is 1. The largest absolute Gasteiger partial charge is 0.352 e. The molecule has 1 rings (SSSR count). The molecule has 76 valence electrons. The summed E-state index contributed by atoms with van der Waals surface area (Å²) in [6.07, 6.45) is 4.84. The Morgan fingerprint density at radius 3 is 2.46 bits per heavy atom. The number of hydrogen-bond acceptors (Lipinski definition) is 2. The van der Waals surface area contributed by atoms with E-state index >= 15 is 0 Å². The lowest BCUT2D eigenvalue weighted by atomic mass is 9.90. The fourth-order valence-corrected chi connectivity index (χ4v) is 2.07. The number of carbonyl (C=O) groups is 1. The lowest BCUT2D eigenvalue weighted by Gasteiger charge is -2.32. The van der Waals surface area contributed by atoms with Crippen LogP contribution in [0.15, 0.2) is 0 Å². The Balaban J connectivity index is 2.41. The van der Waals surface area contributed by atoms with Crippen LogP contribution in [0, 0.1) is 0 Å². The van der Waals surface area contributed by atoms with E-state index in [-0.39, 0.29) is 5.91 Å². The van der Waals surface area contributed by atoms with Crippen molar-refractivity contribution in [3.63, 3.8) is 0 Å². The monoisotopic (exact) mass is 184 g/mol. The first-order valence-electron chi connectivity index (χ1n) is 5.24. The van der Waals surface area contributed by atoms with Crippen LogP contribution in [0.25, 0.3) is 0 Å². The van der Waals surface area contributed by atoms with E-state index in [1.165, 1.54) is 19.3 Å². The first-order chi connectivity index (χ1) is 6.24. The molecule has 2 N–H and O–H groups in total. The van der Waals surface area contributed by atoms with Crippen LogP contribution >= 0.6 is 0 Å². The molecule has 0 spiro atoms. The summed E-state index contributed by atoms with van der Waals surface area (Å²) in [6.45, 7) is 4.69. The van der Waals surface area contributed by atoms with E-state index in [1.807, 2.05) is 0 Å². The Labute approximate surface area is 80.3 Å². The molecule has 0 heterocycles. The van der Waals surface area contributed by atoms with Crippen LogP contribution in [-0.2, 0) is 4.79 Å². The van der Waals surface area contributed by atoms with Gasteiger partial charge in [0.05, 0.1) is 0 Å². The molecule has 2 unspecified atom stereocenters. The van der Waals surface area contributed by atoms with Gasteiger partial charge in [-0.05, 0) is 19.4 Å². The maximum absolute atomic E-state index is 10.9. The molecule has 0 aliphatic heterocycles. The second-order valence-corrected chi connectivity index (χ2v) is 3.76. The highest BCUT2D eigenvalue weighted by Gasteiger charge is 2.24. The van der Waals surface area contributed by atoms with Crippen molar-refractivity contribution >= 4 is 5.91 Å². The predicted molar refractivity (Wildman–Crippen MR) is 53.5 cm³/mol. The van der Waals surface area contributed by atoms with Gasteiger partial charge in [0.2, 0.25) is 5.91 Å². The van der Waals surface area contributed by atoms with Crippen LogP contribution < -0.4 is 10.6 Å². The zero-order valence-electron chi connectivity index (χ0n) is 8.60. The highest BCUT2D eigenvalue weighted by Crippen LogP contribution is 2.18. The maximum atomic E-state index is 10.9. The molecule has 2 atom stereocenters. The zero-order chi connectivity index (χ0) is 9.68. The van der Waals surface area contributed by atoms with Crippen molar-refractivity contribution in [1.82, 2.24) is 10.6 Å². The summed E-state index contributed by atoms with van der Waals surface area (Å²) in [6, 6.07) is 0.842. The number of amides is 1. The molecule has 0 aromatic carbocycles. The van der Waals surface area contributed by atoms with Gasteiger partial charge in [0.25, 0.3) is 0 Å². The van der Waals surface area contributed by atoms with Crippen LogP contribution in [0.2, 0.25) is 0 Å². The maximum Gasteiger partial charge on any atom is 0.217 e. The van der Waals surface area contributed by atoms with Crippen molar-refractivity contribution in [3.05, 3.63) is 0 Å². The van der Waals surface area contributed by atoms with E-state index in [0.717, 1.165) is 13.0 Å². The standard InChI is InChI=1S/C10H20N2O/c1-3-11-9-6-4-5-7-10(9)12-8(2)13/h9-11H,3-7H2,1-2H3,(H,12,13). The highest BCUT2D eigenvalue weighted by molar-refractivity contribution is 5.73. The summed E-state index contributed by atoms with van der Waals surface area (Å²) >= 11 is 0. The minimum atomic E-state index is 0.0924. The molecule has 0 bridgehead atoms. The lowest BCUT2D eigenvalue weighted by Crippen LogP contribution is -2.51. The smallest absolute Gasteiger partial charge is 0.217 e. The fourth-order valence-electron chi connectivity index (χ4n) is 2.07. The summed E-state index contributed by atoms with van der Waals surface area (Å²) in [5, 5.41) is 6.44. The average Bonchev–Trinajstić information content (AvgIpc) is 2.08. The number of likely N-dealkylation sites (N-methyl/N-ethyl adjacent to an activating group) is 1. The van der Waals surface area contributed by atoms with Gasteiger partial charge in [-0.25, -0.2) is 0 Å². The van der Waals surface area contributed by atoms with Gasteiger partial charge in [0.15, 0.2) is 0 Å². The van der Waals surface area contributed by atoms with Gasteiger partial charge in [0, 0.05) is 19.0 Å². The first-order valence-corrected chi connectivity index (χ1v) is 5.24. The highest BCUT2D eigenvalue weighted by atomic mass is 16.1. The third-order valence-electron chi connectivity index (χ3n) is 2.62. The van der Waals surface area contributed by atoms with Crippen molar-refractivity contribution in [3.8, 4) is 0 Å². The van der Waals surface area contributed by atoms with Crippen LogP contribution in [0.5, 0.6) is 0 Å². The Kier molecular flexibility index (Phi) is 4.22. The molecular weight excluding hydrogens is 164 g/mol. The molecule has 3 nitrogen and oxygen atoms in total. The van der Waals surface area contributed by atoms with Crippen molar-refractivity contribution < 1.29 is 4.79 Å². The first kappa shape index (κ1) is 10.5. The van der Waals surface area contributed by atoms with Crippen LogP contribution in [0.1, 0.15) is 39.5 Å². The Morgan fingerprint density at radius 1 is 1.31 bits per heavy atom. The van der Waals surface area contributed by atoms with Crippen LogP contribution in [-0.4, -0.2) is 24.5 Å². The molecule has 3 heteroatoms. The van der Waals surface area contributed by atoms with Gasteiger partial charge < -0.3 is 10.6 Å². The minimum absolute atomic E-state index is 0.0924. The fraction of sp³-hybridized carbons (Fsp3) is 0.900. The van der Waals surface area contributed by atoms with Gasteiger partial charge in [-0.15, -0.1) is 0 Å². The van der Waals surface area contributed by atoms with E-state index in [9.17, 15) is 4.79 Å². The molecule has 0 radical (unpaired) electrons. The summed E-state index contributed by atoms with van der Waals surface area (Å²) in [7, 11) is 0. The average molecular weight is 184 g/mol. The van der Waals surface area contributed by atoms with Gasteiger partial charge in [-0.2, -0.15) is 0 Å². The Bertz CT molecular complexity index is 168. The van der Waals surface area contributed by atoms with E-state index < -0.39 is 0 Å². The van der Waals surface area contributed by atoms with E-state index in [0.29, 0.717) is 12.1 Å². The molecule has 13 heavy (non-hydrogen) atoms. The van der Waals surface area contributed by atoms with Gasteiger partial charge in [-0.3, -0.25) is 4.79 Å². The number of rotatable bonds is 3. The van der Waals surface area contributed by atoms with Crippen LogP contribution in [0.4, 0.5) is 0 Å². The van der Waals surface area contributed by atoms with Gasteiger partial charge >= 0.3 is 0 Å². The van der Waals surface area contributed by atoms with E-state index in [2.05, 4.69) is 17.6 Å². The van der Waals surface area contributed by atoms with Gasteiger partial charge in [0.1, 0.15) is 0 Å². The normalized spacial score (nSPS) is 28.5. The molecule has 1 amide bonds. The lowest BCUT2D eigenvalue weighted by molar-refractivity contribution is -0.120. The minimum Gasteiger partial charge on any atom is -0.352 e. The number of hydrogen-bond donors (Lipinski definition) is 2. The second-order valence-electron chi connectivity index (χ2n) is 3.76.